The van der Waals surface area contributed by atoms with Gasteiger partial charge in [0.15, 0.2) is 0 Å². The zero-order valence-electron chi connectivity index (χ0n) is 22.0. The van der Waals surface area contributed by atoms with E-state index in [1.54, 1.807) is 32.4 Å². The van der Waals surface area contributed by atoms with E-state index in [9.17, 15) is 14.0 Å². The minimum absolute atomic E-state index is 0.193. The molecule has 3 aromatic rings. The van der Waals surface area contributed by atoms with Crippen LogP contribution < -0.4 is 20.1 Å². The molecule has 0 aromatic heterocycles. The van der Waals surface area contributed by atoms with E-state index >= 15 is 0 Å². The number of fused-ring (bicyclic) bond motifs is 1. The zero-order chi connectivity index (χ0) is 27.2. The predicted molar refractivity (Wildman–Crippen MR) is 143 cm³/mol. The third kappa shape index (κ3) is 6.14. The van der Waals surface area contributed by atoms with Crippen LogP contribution in [0.3, 0.4) is 0 Å². The van der Waals surface area contributed by atoms with Gasteiger partial charge in [-0.3, -0.25) is 9.59 Å². The summed E-state index contributed by atoms with van der Waals surface area (Å²) in [6, 6.07) is 17.0. The maximum Gasteiger partial charge on any atom is 0.251 e. The van der Waals surface area contributed by atoms with E-state index in [1.807, 2.05) is 44.2 Å². The van der Waals surface area contributed by atoms with Gasteiger partial charge in [0, 0.05) is 31.8 Å². The number of carbonyl (C=O) groups excluding carboxylic acids is 2. The standard InChI is InChI=1S/C30H33FN2O5/c1-18(2)17-33-29(34)22-13-21(14-24(15-22)37-12-11-36-4)20-7-10-26-25(16-20)27(30(35)32-3)28(38-26)19-5-8-23(31)9-6-19/h5-10,13-16,18,27-28H,11-12,17H2,1-4H3,(H,32,35)(H,33,34). The molecule has 0 radical (unpaired) electrons. The van der Waals surface area contributed by atoms with Gasteiger partial charge in [0.2, 0.25) is 5.91 Å². The van der Waals surface area contributed by atoms with E-state index in [2.05, 4.69) is 10.6 Å². The van der Waals surface area contributed by atoms with Crippen LogP contribution in [0.2, 0.25) is 0 Å². The van der Waals surface area contributed by atoms with Gasteiger partial charge in [-0.05, 0) is 65.1 Å². The highest BCUT2D eigenvalue weighted by Gasteiger charge is 2.40. The van der Waals surface area contributed by atoms with Crippen LogP contribution in [-0.2, 0) is 9.53 Å². The summed E-state index contributed by atoms with van der Waals surface area (Å²) in [5.41, 5.74) is 3.46. The molecule has 7 nitrogen and oxygen atoms in total. The number of halogens is 1. The summed E-state index contributed by atoms with van der Waals surface area (Å²) in [5, 5.41) is 5.68. The van der Waals surface area contributed by atoms with Crippen molar-refractivity contribution < 1.29 is 28.2 Å². The van der Waals surface area contributed by atoms with Gasteiger partial charge in [-0.1, -0.05) is 32.0 Å². The molecule has 2 N–H and O–H groups in total. The Morgan fingerprint density at radius 3 is 2.45 bits per heavy atom. The number of likely N-dealkylation sites (N-methyl/N-ethyl adjacent to an activating group) is 1. The minimum Gasteiger partial charge on any atom is -0.491 e. The minimum atomic E-state index is -0.629. The van der Waals surface area contributed by atoms with E-state index in [4.69, 9.17) is 14.2 Å². The van der Waals surface area contributed by atoms with Crippen LogP contribution in [-0.4, -0.2) is 45.7 Å². The molecule has 38 heavy (non-hydrogen) atoms. The molecular formula is C30H33FN2O5. The van der Waals surface area contributed by atoms with Crippen molar-refractivity contribution in [2.45, 2.75) is 25.9 Å². The fourth-order valence-electron chi connectivity index (χ4n) is 4.42. The Morgan fingerprint density at radius 1 is 1.00 bits per heavy atom. The number of rotatable bonds is 10. The summed E-state index contributed by atoms with van der Waals surface area (Å²) < 4.78 is 30.7. The third-order valence-corrected chi connectivity index (χ3v) is 6.36. The van der Waals surface area contributed by atoms with Crippen LogP contribution in [0, 0.1) is 11.7 Å². The maximum absolute atomic E-state index is 13.5. The first-order valence-corrected chi connectivity index (χ1v) is 12.6. The molecule has 2 amide bonds. The monoisotopic (exact) mass is 520 g/mol. The Morgan fingerprint density at radius 2 is 1.76 bits per heavy atom. The van der Waals surface area contributed by atoms with Crippen LogP contribution in [0.1, 0.15) is 47.4 Å². The van der Waals surface area contributed by atoms with Gasteiger partial charge in [0.1, 0.15) is 35.9 Å². The summed E-state index contributed by atoms with van der Waals surface area (Å²) in [7, 11) is 3.17. The lowest BCUT2D eigenvalue weighted by Crippen LogP contribution is -2.28. The van der Waals surface area contributed by atoms with Crippen molar-refractivity contribution in [3.63, 3.8) is 0 Å². The Bertz CT molecular complexity index is 1290. The van der Waals surface area contributed by atoms with E-state index in [1.165, 1.54) is 12.1 Å². The summed E-state index contributed by atoms with van der Waals surface area (Å²) in [5.74, 6) is 0.0465. The van der Waals surface area contributed by atoms with Crippen LogP contribution in [0.25, 0.3) is 11.1 Å². The SMILES string of the molecule is CNC(=O)C1c2cc(-c3cc(OCCOC)cc(C(=O)NCC(C)C)c3)ccc2OC1c1ccc(F)cc1. The molecule has 3 aromatic carbocycles. The van der Waals surface area contributed by atoms with Crippen LogP contribution in [0.4, 0.5) is 4.39 Å². The average Bonchev–Trinajstić information content (AvgIpc) is 3.30. The number of hydrogen-bond donors (Lipinski definition) is 2. The molecule has 1 aliphatic rings. The molecule has 2 atom stereocenters. The quantitative estimate of drug-likeness (QED) is 0.373. The number of benzene rings is 3. The second kappa shape index (κ2) is 12.1. The number of hydrogen-bond acceptors (Lipinski definition) is 5. The van der Waals surface area contributed by atoms with Gasteiger partial charge < -0.3 is 24.8 Å². The molecule has 0 saturated carbocycles. The van der Waals surface area contributed by atoms with Gasteiger partial charge in [-0.2, -0.15) is 0 Å². The lowest BCUT2D eigenvalue weighted by Gasteiger charge is -2.18. The van der Waals surface area contributed by atoms with Gasteiger partial charge in [-0.15, -0.1) is 0 Å². The summed E-state index contributed by atoms with van der Waals surface area (Å²) in [6.07, 6.45) is -0.595. The maximum atomic E-state index is 13.5. The van der Waals surface area contributed by atoms with Crippen molar-refractivity contribution in [1.29, 1.82) is 0 Å². The summed E-state index contributed by atoms with van der Waals surface area (Å²) in [6.45, 7) is 5.37. The normalized spacial score (nSPS) is 16.1. The fourth-order valence-corrected chi connectivity index (χ4v) is 4.42. The van der Waals surface area contributed by atoms with Crippen molar-refractivity contribution in [3.05, 3.63) is 83.2 Å². The van der Waals surface area contributed by atoms with Crippen LogP contribution in [0.5, 0.6) is 11.5 Å². The second-order valence-electron chi connectivity index (χ2n) is 9.63. The number of ether oxygens (including phenoxy) is 3. The highest BCUT2D eigenvalue weighted by atomic mass is 19.1. The molecule has 0 spiro atoms. The van der Waals surface area contributed by atoms with E-state index in [0.29, 0.717) is 53.9 Å². The van der Waals surface area contributed by atoms with Crippen LogP contribution >= 0.6 is 0 Å². The van der Waals surface area contributed by atoms with E-state index < -0.39 is 12.0 Å². The third-order valence-electron chi connectivity index (χ3n) is 6.36. The molecule has 1 aliphatic heterocycles. The highest BCUT2D eigenvalue weighted by Crippen LogP contribution is 2.47. The number of amides is 2. The Labute approximate surface area is 222 Å². The molecule has 4 rings (SSSR count). The van der Waals surface area contributed by atoms with Gasteiger partial charge in [0.05, 0.1) is 6.61 Å². The summed E-state index contributed by atoms with van der Waals surface area (Å²) in [4.78, 5) is 25.9. The number of carbonyl (C=O) groups is 2. The highest BCUT2D eigenvalue weighted by molar-refractivity contribution is 5.96. The predicted octanol–water partition coefficient (Wildman–Crippen LogP) is 4.87. The molecule has 0 aliphatic carbocycles. The first-order valence-electron chi connectivity index (χ1n) is 12.6. The molecule has 200 valence electrons. The molecular weight excluding hydrogens is 487 g/mol. The number of nitrogens with one attached hydrogen (secondary N) is 2. The lowest BCUT2D eigenvalue weighted by atomic mass is 9.88. The Hall–Kier alpha value is -3.91. The van der Waals surface area contributed by atoms with E-state index in [0.717, 1.165) is 11.1 Å². The van der Waals surface area contributed by atoms with Gasteiger partial charge >= 0.3 is 0 Å². The largest absolute Gasteiger partial charge is 0.491 e. The van der Waals surface area contributed by atoms with Crippen LogP contribution in [0.15, 0.2) is 60.7 Å². The molecule has 2 unspecified atom stereocenters. The van der Waals surface area contributed by atoms with Crippen molar-refractivity contribution in [1.82, 2.24) is 10.6 Å². The molecule has 1 heterocycles. The second-order valence-corrected chi connectivity index (χ2v) is 9.63. The zero-order valence-corrected chi connectivity index (χ0v) is 22.0. The molecule has 0 bridgehead atoms. The smallest absolute Gasteiger partial charge is 0.251 e. The van der Waals surface area contributed by atoms with Crippen molar-refractivity contribution in [2.24, 2.45) is 5.92 Å². The van der Waals surface area contributed by atoms with Gasteiger partial charge in [-0.25, -0.2) is 4.39 Å². The van der Waals surface area contributed by atoms with E-state index in [-0.39, 0.29) is 17.6 Å². The summed E-state index contributed by atoms with van der Waals surface area (Å²) >= 11 is 0. The van der Waals surface area contributed by atoms with Crippen molar-refractivity contribution >= 4 is 11.8 Å². The molecule has 0 fully saturated rings. The first-order chi connectivity index (χ1) is 18.3. The van der Waals surface area contributed by atoms with Crippen molar-refractivity contribution in [2.75, 3.05) is 33.9 Å². The Balaban J connectivity index is 1.72. The first kappa shape index (κ1) is 27.1. The fraction of sp³-hybridized carbons (Fsp3) is 0.333. The molecule has 8 heteroatoms. The van der Waals surface area contributed by atoms with Gasteiger partial charge in [0.25, 0.3) is 5.91 Å². The molecule has 0 saturated heterocycles. The average molecular weight is 521 g/mol. The Kier molecular flexibility index (Phi) is 8.63. The number of methoxy groups -OCH3 is 1. The topological polar surface area (TPSA) is 85.9 Å². The lowest BCUT2D eigenvalue weighted by molar-refractivity contribution is -0.123. The van der Waals surface area contributed by atoms with Crippen molar-refractivity contribution in [3.8, 4) is 22.6 Å².